The molecule has 2 atom stereocenters. The van der Waals surface area contributed by atoms with Crippen molar-refractivity contribution in [1.82, 2.24) is 5.32 Å². The molecule has 1 saturated heterocycles. The van der Waals surface area contributed by atoms with E-state index in [2.05, 4.69) is 43.0 Å². The Morgan fingerprint density at radius 2 is 2.35 bits per heavy atom. The van der Waals surface area contributed by atoms with Gasteiger partial charge in [0, 0.05) is 29.3 Å². The fourth-order valence-corrected chi connectivity index (χ4v) is 3.15. The van der Waals surface area contributed by atoms with Gasteiger partial charge in [-0.2, -0.15) is 0 Å². The largest absolute Gasteiger partial charge is 0.453 e. The van der Waals surface area contributed by atoms with Gasteiger partial charge in [0.25, 0.3) is 0 Å². The van der Waals surface area contributed by atoms with Crippen LogP contribution in [-0.2, 0) is 4.74 Å². The van der Waals surface area contributed by atoms with E-state index in [4.69, 9.17) is 5.73 Å². The number of carbonyl (C=O) groups is 1. The van der Waals surface area contributed by atoms with Crippen LogP contribution in [0.5, 0.6) is 0 Å². The molecule has 5 nitrogen and oxygen atoms in total. The number of methoxy groups -OCH3 is 1. The second-order valence-corrected chi connectivity index (χ2v) is 5.92. The molecule has 0 saturated carbocycles. The summed E-state index contributed by atoms with van der Waals surface area (Å²) in [7, 11) is 1.38. The van der Waals surface area contributed by atoms with Crippen molar-refractivity contribution in [2.75, 3.05) is 25.1 Å². The van der Waals surface area contributed by atoms with Crippen LogP contribution in [0.2, 0.25) is 0 Å². The molecule has 0 radical (unpaired) electrons. The van der Waals surface area contributed by atoms with Gasteiger partial charge in [-0.3, -0.25) is 0 Å². The van der Waals surface area contributed by atoms with Crippen molar-refractivity contribution in [2.45, 2.75) is 25.4 Å². The van der Waals surface area contributed by atoms with E-state index in [0.717, 1.165) is 35.2 Å². The summed E-state index contributed by atoms with van der Waals surface area (Å²) >= 11 is 3.57. The maximum atomic E-state index is 11.2. The van der Waals surface area contributed by atoms with Crippen LogP contribution in [0.4, 0.5) is 10.5 Å². The molecule has 0 aromatic heterocycles. The Labute approximate surface area is 127 Å². The lowest BCUT2D eigenvalue weighted by molar-refractivity contribution is 0.167. The number of benzene rings is 1. The molecular weight excluding hydrogens is 322 g/mol. The minimum Gasteiger partial charge on any atom is -0.453 e. The molecule has 6 heteroatoms. The molecule has 1 aliphatic rings. The smallest absolute Gasteiger partial charge is 0.407 e. The van der Waals surface area contributed by atoms with E-state index in [0.29, 0.717) is 0 Å². The van der Waals surface area contributed by atoms with E-state index in [1.165, 1.54) is 7.11 Å². The number of hydrogen-bond donors (Lipinski definition) is 2. The van der Waals surface area contributed by atoms with Crippen LogP contribution in [0.3, 0.4) is 0 Å². The van der Waals surface area contributed by atoms with Gasteiger partial charge in [0.1, 0.15) is 0 Å². The lowest BCUT2D eigenvalue weighted by Gasteiger charge is -2.20. The van der Waals surface area contributed by atoms with Crippen molar-refractivity contribution in [1.29, 1.82) is 0 Å². The van der Waals surface area contributed by atoms with Gasteiger partial charge >= 0.3 is 6.09 Å². The van der Waals surface area contributed by atoms with Crippen molar-refractivity contribution in [2.24, 2.45) is 5.73 Å². The second kappa shape index (κ2) is 6.45. The highest BCUT2D eigenvalue weighted by molar-refractivity contribution is 9.10. The Balaban J connectivity index is 2.03. The van der Waals surface area contributed by atoms with E-state index in [9.17, 15) is 4.79 Å². The summed E-state index contributed by atoms with van der Waals surface area (Å²) in [5.41, 5.74) is 8.13. The number of halogens is 1. The number of anilines is 1. The fraction of sp³-hybridized carbons (Fsp3) is 0.500. The number of amides is 1. The third-order valence-electron chi connectivity index (χ3n) is 3.54. The molecule has 1 amide bonds. The molecule has 2 rings (SSSR count). The van der Waals surface area contributed by atoms with Crippen LogP contribution in [0, 0.1) is 0 Å². The first kappa shape index (κ1) is 15.1. The molecule has 1 aliphatic heterocycles. The van der Waals surface area contributed by atoms with E-state index in [-0.39, 0.29) is 18.2 Å². The van der Waals surface area contributed by atoms with E-state index in [1.54, 1.807) is 0 Å². The number of alkyl carbamates (subject to hydrolysis) is 1. The Morgan fingerprint density at radius 1 is 1.60 bits per heavy atom. The Morgan fingerprint density at radius 3 is 2.95 bits per heavy atom. The first-order valence-corrected chi connectivity index (χ1v) is 7.45. The van der Waals surface area contributed by atoms with E-state index in [1.807, 2.05) is 13.0 Å². The predicted octanol–water partition coefficient (Wildman–Crippen LogP) is 2.40. The zero-order valence-corrected chi connectivity index (χ0v) is 13.3. The fourth-order valence-electron chi connectivity index (χ4n) is 2.42. The van der Waals surface area contributed by atoms with Gasteiger partial charge in [-0.25, -0.2) is 4.79 Å². The molecule has 1 aromatic rings. The van der Waals surface area contributed by atoms with Crippen LogP contribution in [0.15, 0.2) is 22.7 Å². The highest BCUT2D eigenvalue weighted by Gasteiger charge is 2.24. The average molecular weight is 342 g/mol. The van der Waals surface area contributed by atoms with Crippen LogP contribution in [0.1, 0.15) is 24.9 Å². The van der Waals surface area contributed by atoms with Crippen LogP contribution >= 0.6 is 15.9 Å². The minimum absolute atomic E-state index is 0.00532. The maximum absolute atomic E-state index is 11.2. The Hall–Kier alpha value is -1.27. The number of nitrogens with two attached hydrogens (primary N) is 1. The molecule has 1 fully saturated rings. The number of rotatable bonds is 3. The molecule has 20 heavy (non-hydrogen) atoms. The number of ether oxygens (including phenoxy) is 1. The Kier molecular flexibility index (Phi) is 4.88. The van der Waals surface area contributed by atoms with Crippen molar-refractivity contribution in [3.05, 3.63) is 28.2 Å². The highest BCUT2D eigenvalue weighted by atomic mass is 79.9. The standard InChI is InChI=1S/C14H20BrN3O2/c1-9(16)12-4-3-11(7-13(12)15)18-6-5-10(8-18)17-14(19)20-2/h3-4,7,9-10H,5-6,8,16H2,1-2H3,(H,17,19)/t9-,10?/m1/s1. The van der Waals surface area contributed by atoms with Gasteiger partial charge in [0.15, 0.2) is 0 Å². The third kappa shape index (κ3) is 3.43. The summed E-state index contributed by atoms with van der Waals surface area (Å²) in [6.45, 7) is 3.67. The third-order valence-corrected chi connectivity index (χ3v) is 4.22. The van der Waals surface area contributed by atoms with Gasteiger partial charge in [-0.15, -0.1) is 0 Å². The van der Waals surface area contributed by atoms with Crippen molar-refractivity contribution in [3.63, 3.8) is 0 Å². The normalized spacial score (nSPS) is 19.8. The van der Waals surface area contributed by atoms with Crippen molar-refractivity contribution in [3.8, 4) is 0 Å². The summed E-state index contributed by atoms with van der Waals surface area (Å²) < 4.78 is 5.65. The first-order valence-electron chi connectivity index (χ1n) is 6.65. The molecular formula is C14H20BrN3O2. The van der Waals surface area contributed by atoms with Crippen LogP contribution in [-0.4, -0.2) is 32.3 Å². The van der Waals surface area contributed by atoms with Crippen LogP contribution < -0.4 is 16.0 Å². The minimum atomic E-state index is -0.370. The maximum Gasteiger partial charge on any atom is 0.407 e. The summed E-state index contributed by atoms with van der Waals surface area (Å²) in [5.74, 6) is 0. The van der Waals surface area contributed by atoms with Crippen LogP contribution in [0.25, 0.3) is 0 Å². The monoisotopic (exact) mass is 341 g/mol. The highest BCUT2D eigenvalue weighted by Crippen LogP contribution is 2.29. The van der Waals surface area contributed by atoms with Crippen molar-refractivity contribution < 1.29 is 9.53 Å². The zero-order chi connectivity index (χ0) is 14.7. The molecule has 0 spiro atoms. The summed E-state index contributed by atoms with van der Waals surface area (Å²) in [4.78, 5) is 13.5. The number of carbonyl (C=O) groups excluding carboxylic acids is 1. The second-order valence-electron chi connectivity index (χ2n) is 5.06. The van der Waals surface area contributed by atoms with Gasteiger partial charge < -0.3 is 20.7 Å². The van der Waals surface area contributed by atoms with Gasteiger partial charge in [0.05, 0.1) is 13.2 Å². The van der Waals surface area contributed by atoms with Crippen molar-refractivity contribution >= 4 is 27.7 Å². The van der Waals surface area contributed by atoms with Gasteiger partial charge in [0.2, 0.25) is 0 Å². The van der Waals surface area contributed by atoms with E-state index < -0.39 is 0 Å². The van der Waals surface area contributed by atoms with Gasteiger partial charge in [-0.05, 0) is 31.0 Å². The number of hydrogen-bond acceptors (Lipinski definition) is 4. The average Bonchev–Trinajstić information content (AvgIpc) is 2.86. The number of nitrogens with one attached hydrogen (secondary N) is 1. The van der Waals surface area contributed by atoms with Gasteiger partial charge in [-0.1, -0.05) is 22.0 Å². The molecule has 0 bridgehead atoms. The summed E-state index contributed by atoms with van der Waals surface area (Å²) in [6, 6.07) is 6.34. The summed E-state index contributed by atoms with van der Waals surface area (Å²) in [5, 5.41) is 2.84. The Bertz CT molecular complexity index is 493. The lowest BCUT2D eigenvalue weighted by Crippen LogP contribution is -2.36. The molecule has 3 N–H and O–H groups in total. The predicted molar refractivity (Wildman–Crippen MR) is 82.9 cm³/mol. The SMILES string of the molecule is COC(=O)NC1CCN(c2ccc([C@@H](C)N)c(Br)c2)C1. The molecule has 0 aliphatic carbocycles. The molecule has 1 unspecified atom stereocenters. The zero-order valence-electron chi connectivity index (χ0n) is 11.7. The summed E-state index contributed by atoms with van der Waals surface area (Å²) in [6.07, 6.45) is 0.548. The first-order chi connectivity index (χ1) is 9.51. The quantitative estimate of drug-likeness (QED) is 0.885. The lowest BCUT2D eigenvalue weighted by atomic mass is 10.1. The van der Waals surface area contributed by atoms with E-state index >= 15 is 0 Å². The topological polar surface area (TPSA) is 67.6 Å². The molecule has 1 aromatic carbocycles. The molecule has 110 valence electrons. The number of nitrogens with zero attached hydrogens (tertiary/aromatic N) is 1. The molecule has 1 heterocycles.